The van der Waals surface area contributed by atoms with Crippen LogP contribution in [-0.4, -0.2) is 29.7 Å². The largest absolute Gasteiger partial charge is 0.478 e. The third-order valence-electron chi connectivity index (χ3n) is 3.25. The molecule has 0 saturated heterocycles. The zero-order chi connectivity index (χ0) is 15.4. The molecule has 2 aromatic rings. The van der Waals surface area contributed by atoms with Crippen molar-refractivity contribution in [2.75, 3.05) is 24.2 Å². The van der Waals surface area contributed by atoms with Crippen molar-refractivity contribution in [3.05, 3.63) is 53.6 Å². The monoisotopic (exact) mass is 289 g/mol. The lowest BCUT2D eigenvalue weighted by molar-refractivity contribution is 0.0698. The van der Waals surface area contributed by atoms with Crippen LogP contribution in [0.15, 0.2) is 36.7 Å². The van der Waals surface area contributed by atoms with Gasteiger partial charge in [0.05, 0.1) is 11.3 Å². The zero-order valence-corrected chi connectivity index (χ0v) is 11.6. The topological polar surface area (TPSA) is 79.5 Å². The number of carbonyl (C=O) groups is 1. The zero-order valence-electron chi connectivity index (χ0n) is 11.6. The van der Waals surface area contributed by atoms with Gasteiger partial charge >= 0.3 is 5.97 Å². The van der Waals surface area contributed by atoms with E-state index in [1.807, 2.05) is 12.1 Å². The average Bonchev–Trinajstić information content (AvgIpc) is 2.45. The highest BCUT2D eigenvalue weighted by atomic mass is 19.1. The average molecular weight is 289 g/mol. The molecule has 2 rings (SSSR count). The molecule has 0 atom stereocenters. The molecule has 1 heterocycles. The number of rotatable bonds is 5. The Hall–Kier alpha value is -2.63. The molecule has 0 aliphatic rings. The second-order valence-electron chi connectivity index (χ2n) is 4.72. The van der Waals surface area contributed by atoms with E-state index in [-0.39, 0.29) is 16.9 Å². The summed E-state index contributed by atoms with van der Waals surface area (Å²) in [5.41, 5.74) is 6.63. The first kappa shape index (κ1) is 14.8. The van der Waals surface area contributed by atoms with Gasteiger partial charge in [0.1, 0.15) is 5.82 Å². The summed E-state index contributed by atoms with van der Waals surface area (Å²) in [6.45, 7) is 0.546. The van der Waals surface area contributed by atoms with Crippen LogP contribution in [0.3, 0.4) is 0 Å². The third-order valence-corrected chi connectivity index (χ3v) is 3.25. The summed E-state index contributed by atoms with van der Waals surface area (Å²) in [6.07, 6.45) is 4.09. The Morgan fingerprint density at radius 1 is 1.38 bits per heavy atom. The van der Waals surface area contributed by atoms with Crippen LogP contribution in [0.1, 0.15) is 15.9 Å². The summed E-state index contributed by atoms with van der Waals surface area (Å²) in [7, 11) is 1.71. The van der Waals surface area contributed by atoms with Crippen LogP contribution in [0.4, 0.5) is 15.8 Å². The molecule has 3 N–H and O–H groups in total. The first-order valence-corrected chi connectivity index (χ1v) is 6.41. The fourth-order valence-electron chi connectivity index (χ4n) is 2.02. The molecule has 5 nitrogen and oxygen atoms in total. The van der Waals surface area contributed by atoms with E-state index in [1.54, 1.807) is 24.3 Å². The third kappa shape index (κ3) is 3.47. The number of benzene rings is 1. The van der Waals surface area contributed by atoms with Gasteiger partial charge < -0.3 is 15.7 Å². The Bertz CT molecular complexity index is 647. The summed E-state index contributed by atoms with van der Waals surface area (Å²) in [5.74, 6) is -1.70. The van der Waals surface area contributed by atoms with Gasteiger partial charge in [-0.2, -0.15) is 0 Å². The second kappa shape index (κ2) is 6.21. The van der Waals surface area contributed by atoms with E-state index in [1.165, 1.54) is 6.07 Å². The Balaban J connectivity index is 2.17. The van der Waals surface area contributed by atoms with Gasteiger partial charge in [-0.15, -0.1) is 0 Å². The molecular weight excluding hydrogens is 273 g/mol. The van der Waals surface area contributed by atoms with Crippen molar-refractivity contribution < 1.29 is 14.3 Å². The molecule has 21 heavy (non-hydrogen) atoms. The normalized spacial score (nSPS) is 10.4. The molecule has 0 unspecified atom stereocenters. The highest BCUT2D eigenvalue weighted by Gasteiger charge is 2.15. The SMILES string of the molecule is CN(CCc1ccncc1)c1cc(C(=O)O)c(N)cc1F. The first-order valence-electron chi connectivity index (χ1n) is 6.41. The first-order chi connectivity index (χ1) is 9.99. The maximum Gasteiger partial charge on any atom is 0.337 e. The number of nitrogens with two attached hydrogens (primary N) is 1. The standard InChI is InChI=1S/C15H16FN3O2/c1-19(7-4-10-2-5-18-6-3-10)14-8-11(15(20)21)13(17)9-12(14)16/h2-3,5-6,8-9H,4,7,17H2,1H3,(H,20,21). The Labute approximate surface area is 121 Å². The Kier molecular flexibility index (Phi) is 4.37. The van der Waals surface area contributed by atoms with E-state index in [2.05, 4.69) is 4.98 Å². The molecule has 1 aromatic heterocycles. The van der Waals surface area contributed by atoms with E-state index < -0.39 is 11.8 Å². The van der Waals surface area contributed by atoms with Gasteiger partial charge in [0.2, 0.25) is 0 Å². The number of likely N-dealkylation sites (N-methyl/N-ethyl adjacent to an activating group) is 1. The lowest BCUT2D eigenvalue weighted by atomic mass is 10.1. The van der Waals surface area contributed by atoms with Gasteiger partial charge in [-0.3, -0.25) is 4.98 Å². The van der Waals surface area contributed by atoms with Crippen LogP contribution in [0, 0.1) is 5.82 Å². The summed E-state index contributed by atoms with van der Waals surface area (Å²) in [5, 5.41) is 9.04. The minimum absolute atomic E-state index is 0.0775. The van der Waals surface area contributed by atoms with Crippen molar-refractivity contribution in [3.8, 4) is 0 Å². The summed E-state index contributed by atoms with van der Waals surface area (Å²) in [4.78, 5) is 16.7. The van der Waals surface area contributed by atoms with Crippen LogP contribution < -0.4 is 10.6 Å². The van der Waals surface area contributed by atoms with Gasteiger partial charge in [0.15, 0.2) is 0 Å². The van der Waals surface area contributed by atoms with Gasteiger partial charge in [-0.1, -0.05) is 0 Å². The predicted octanol–water partition coefficient (Wildman–Crippen LogP) is 2.18. The van der Waals surface area contributed by atoms with E-state index >= 15 is 0 Å². The maximum absolute atomic E-state index is 13.9. The molecule has 0 radical (unpaired) electrons. The molecule has 0 fully saturated rings. The quantitative estimate of drug-likeness (QED) is 0.825. The van der Waals surface area contributed by atoms with Crippen molar-refractivity contribution in [2.24, 2.45) is 0 Å². The van der Waals surface area contributed by atoms with E-state index in [0.717, 1.165) is 11.6 Å². The molecule has 6 heteroatoms. The van der Waals surface area contributed by atoms with Gasteiger partial charge in [-0.25, -0.2) is 9.18 Å². The Morgan fingerprint density at radius 2 is 2.05 bits per heavy atom. The summed E-state index contributed by atoms with van der Waals surface area (Å²) in [6, 6.07) is 6.08. The molecule has 1 aromatic carbocycles. The van der Waals surface area contributed by atoms with Crippen LogP contribution in [0.2, 0.25) is 0 Å². The predicted molar refractivity (Wildman–Crippen MR) is 79.0 cm³/mol. The van der Waals surface area contributed by atoms with E-state index in [4.69, 9.17) is 10.8 Å². The van der Waals surface area contributed by atoms with Crippen LogP contribution in [-0.2, 0) is 6.42 Å². The fraction of sp³-hybridized carbons (Fsp3) is 0.200. The molecule has 0 bridgehead atoms. The highest BCUT2D eigenvalue weighted by Crippen LogP contribution is 2.25. The molecule has 0 spiro atoms. The number of nitrogen functional groups attached to an aromatic ring is 1. The molecule has 110 valence electrons. The molecule has 0 aliphatic heterocycles. The Morgan fingerprint density at radius 3 is 2.67 bits per heavy atom. The van der Waals surface area contributed by atoms with Gasteiger partial charge in [-0.05, 0) is 36.2 Å². The number of halogens is 1. The van der Waals surface area contributed by atoms with Crippen LogP contribution in [0.25, 0.3) is 0 Å². The number of anilines is 2. The number of hydrogen-bond acceptors (Lipinski definition) is 4. The summed E-state index contributed by atoms with van der Waals surface area (Å²) >= 11 is 0. The second-order valence-corrected chi connectivity index (χ2v) is 4.72. The minimum Gasteiger partial charge on any atom is -0.478 e. The smallest absolute Gasteiger partial charge is 0.337 e. The number of carboxylic acid groups (broad SMARTS) is 1. The van der Waals surface area contributed by atoms with Crippen LogP contribution >= 0.6 is 0 Å². The van der Waals surface area contributed by atoms with Crippen molar-refractivity contribution in [2.45, 2.75) is 6.42 Å². The minimum atomic E-state index is -1.17. The fourth-order valence-corrected chi connectivity index (χ4v) is 2.02. The number of aromatic carboxylic acids is 1. The van der Waals surface area contributed by atoms with E-state index in [9.17, 15) is 9.18 Å². The van der Waals surface area contributed by atoms with Crippen molar-refractivity contribution in [1.82, 2.24) is 4.98 Å². The van der Waals surface area contributed by atoms with Crippen molar-refractivity contribution >= 4 is 17.3 Å². The number of carboxylic acids is 1. The van der Waals surface area contributed by atoms with E-state index in [0.29, 0.717) is 13.0 Å². The molecule has 0 saturated carbocycles. The lowest BCUT2D eigenvalue weighted by Gasteiger charge is -2.21. The molecular formula is C15H16FN3O2. The van der Waals surface area contributed by atoms with Gasteiger partial charge in [0, 0.05) is 31.7 Å². The maximum atomic E-state index is 13.9. The van der Waals surface area contributed by atoms with Crippen molar-refractivity contribution in [1.29, 1.82) is 0 Å². The van der Waals surface area contributed by atoms with Gasteiger partial charge in [0.25, 0.3) is 0 Å². The van der Waals surface area contributed by atoms with Crippen molar-refractivity contribution in [3.63, 3.8) is 0 Å². The highest BCUT2D eigenvalue weighted by molar-refractivity contribution is 5.95. The number of pyridine rings is 1. The summed E-state index contributed by atoms with van der Waals surface area (Å²) < 4.78 is 13.9. The molecule has 0 amide bonds. The number of aromatic nitrogens is 1. The van der Waals surface area contributed by atoms with Crippen LogP contribution in [0.5, 0.6) is 0 Å². The lowest BCUT2D eigenvalue weighted by Crippen LogP contribution is -2.22. The number of hydrogen-bond donors (Lipinski definition) is 2. The molecule has 0 aliphatic carbocycles. The number of nitrogens with zero attached hydrogens (tertiary/aromatic N) is 2.